The molecule has 0 aliphatic rings. The number of thiazole rings is 1. The van der Waals surface area contributed by atoms with Crippen molar-refractivity contribution in [3.63, 3.8) is 0 Å². The van der Waals surface area contributed by atoms with Gasteiger partial charge in [0, 0.05) is 21.7 Å². The Kier molecular flexibility index (Phi) is 5.24. The minimum atomic E-state index is -0.787. The van der Waals surface area contributed by atoms with E-state index < -0.39 is 5.97 Å². The molecule has 0 unspecified atom stereocenters. The third kappa shape index (κ3) is 4.86. The van der Waals surface area contributed by atoms with Crippen molar-refractivity contribution >= 4 is 40.7 Å². The van der Waals surface area contributed by atoms with Crippen LogP contribution in [0.3, 0.4) is 0 Å². The Morgan fingerprint density at radius 1 is 1.37 bits per heavy atom. The van der Waals surface area contributed by atoms with Crippen LogP contribution in [0.15, 0.2) is 34.5 Å². The molecule has 1 heterocycles. The monoisotopic (exact) mass is 313 g/mol. The number of hydrogen-bond donors (Lipinski definition) is 1. The number of halogens is 1. The number of aryl methyl sites for hydroxylation is 1. The average Bonchev–Trinajstić information content (AvgIpc) is 2.84. The highest BCUT2D eigenvalue weighted by Gasteiger charge is 2.05. The van der Waals surface area contributed by atoms with Crippen LogP contribution in [0.25, 0.3) is 0 Å². The Labute approximate surface area is 124 Å². The number of hydrogen-bond acceptors (Lipinski definition) is 4. The lowest BCUT2D eigenvalue weighted by Crippen LogP contribution is -1.97. The van der Waals surface area contributed by atoms with Gasteiger partial charge in [0.2, 0.25) is 0 Å². The number of carboxylic acids is 1. The summed E-state index contributed by atoms with van der Waals surface area (Å²) < 4.78 is 0. The van der Waals surface area contributed by atoms with Gasteiger partial charge in [-0.15, -0.1) is 23.1 Å². The number of carboxylic acid groups (broad SMARTS) is 1. The van der Waals surface area contributed by atoms with Crippen LogP contribution in [0, 0.1) is 0 Å². The molecule has 1 aromatic carbocycles. The van der Waals surface area contributed by atoms with E-state index in [1.165, 1.54) is 0 Å². The molecule has 0 fully saturated rings. The second-order valence-corrected chi connectivity index (χ2v) is 6.30. The molecule has 1 aromatic heterocycles. The van der Waals surface area contributed by atoms with Crippen molar-refractivity contribution in [1.29, 1.82) is 0 Å². The normalized spacial score (nSPS) is 10.6. The van der Waals surface area contributed by atoms with Crippen molar-refractivity contribution in [2.45, 2.75) is 23.5 Å². The van der Waals surface area contributed by atoms with Gasteiger partial charge in [0.15, 0.2) is 0 Å². The minimum Gasteiger partial charge on any atom is -0.481 e. The van der Waals surface area contributed by atoms with Crippen molar-refractivity contribution in [2.24, 2.45) is 0 Å². The molecule has 0 bridgehead atoms. The quantitative estimate of drug-likeness (QED) is 0.815. The highest BCUT2D eigenvalue weighted by molar-refractivity contribution is 7.98. The maximum atomic E-state index is 10.5. The van der Waals surface area contributed by atoms with Gasteiger partial charge in [-0.2, -0.15) is 0 Å². The van der Waals surface area contributed by atoms with E-state index in [4.69, 9.17) is 16.7 Å². The van der Waals surface area contributed by atoms with Crippen LogP contribution in [-0.4, -0.2) is 16.1 Å². The molecule has 0 saturated carbocycles. The minimum absolute atomic E-state index is 0.132. The van der Waals surface area contributed by atoms with Gasteiger partial charge < -0.3 is 5.11 Å². The molecule has 0 aliphatic heterocycles. The predicted octanol–water partition coefficient (Wildman–Crippen LogP) is 4.11. The van der Waals surface area contributed by atoms with Crippen molar-refractivity contribution in [3.8, 4) is 0 Å². The van der Waals surface area contributed by atoms with Crippen molar-refractivity contribution in [2.75, 3.05) is 0 Å². The first-order valence-corrected chi connectivity index (χ1v) is 7.91. The summed E-state index contributed by atoms with van der Waals surface area (Å²) in [4.78, 5) is 16.0. The Balaban J connectivity index is 1.86. The topological polar surface area (TPSA) is 50.2 Å². The zero-order chi connectivity index (χ0) is 13.7. The first-order valence-electron chi connectivity index (χ1n) is 5.67. The third-order valence-corrected chi connectivity index (χ3v) is 4.73. The van der Waals surface area contributed by atoms with E-state index in [0.717, 1.165) is 26.4 Å². The summed E-state index contributed by atoms with van der Waals surface area (Å²) >= 11 is 9.09. The molecule has 0 aliphatic carbocycles. The number of rotatable bonds is 6. The Morgan fingerprint density at radius 3 is 2.79 bits per heavy atom. The zero-order valence-electron chi connectivity index (χ0n) is 10.0. The fraction of sp³-hybridized carbons (Fsp3) is 0.231. The molecular weight excluding hydrogens is 302 g/mol. The summed E-state index contributed by atoms with van der Waals surface area (Å²) in [6.07, 6.45) is 0.630. The molecule has 19 heavy (non-hydrogen) atoms. The van der Waals surface area contributed by atoms with Crippen LogP contribution in [-0.2, 0) is 17.0 Å². The largest absolute Gasteiger partial charge is 0.481 e. The van der Waals surface area contributed by atoms with Crippen molar-refractivity contribution < 1.29 is 9.90 Å². The second-order valence-electron chi connectivity index (χ2n) is 3.87. The zero-order valence-corrected chi connectivity index (χ0v) is 12.4. The average molecular weight is 314 g/mol. The maximum absolute atomic E-state index is 10.5. The van der Waals surface area contributed by atoms with Crippen LogP contribution in [0.1, 0.15) is 17.1 Å². The second kappa shape index (κ2) is 6.93. The van der Waals surface area contributed by atoms with E-state index in [9.17, 15) is 4.79 Å². The van der Waals surface area contributed by atoms with Gasteiger partial charge in [0.25, 0.3) is 0 Å². The van der Waals surface area contributed by atoms with Crippen LogP contribution in [0.5, 0.6) is 0 Å². The van der Waals surface area contributed by atoms with Crippen LogP contribution in [0.4, 0.5) is 0 Å². The van der Waals surface area contributed by atoms with Crippen LogP contribution in [0.2, 0.25) is 5.02 Å². The summed E-state index contributed by atoms with van der Waals surface area (Å²) in [5.41, 5.74) is 0.860. The molecule has 2 rings (SSSR count). The lowest BCUT2D eigenvalue weighted by atomic mass is 10.2. The number of aliphatic carboxylic acids is 1. The first-order chi connectivity index (χ1) is 9.13. The van der Waals surface area contributed by atoms with Gasteiger partial charge >= 0.3 is 5.97 Å². The van der Waals surface area contributed by atoms with Gasteiger partial charge in [-0.25, -0.2) is 4.98 Å². The molecule has 6 heteroatoms. The van der Waals surface area contributed by atoms with Gasteiger partial charge in [0.05, 0.1) is 17.9 Å². The molecule has 0 radical (unpaired) electrons. The maximum Gasteiger partial charge on any atom is 0.303 e. The summed E-state index contributed by atoms with van der Waals surface area (Å²) in [6.45, 7) is 0. The Bertz CT molecular complexity index is 554. The summed E-state index contributed by atoms with van der Waals surface area (Å²) in [5, 5.41) is 12.3. The molecule has 0 amide bonds. The lowest BCUT2D eigenvalue weighted by Gasteiger charge is -1.99. The summed E-state index contributed by atoms with van der Waals surface area (Å²) in [6, 6.07) is 7.69. The van der Waals surface area contributed by atoms with Crippen LogP contribution < -0.4 is 0 Å². The van der Waals surface area contributed by atoms with E-state index in [1.807, 2.05) is 29.6 Å². The molecule has 1 N–H and O–H groups in total. The van der Waals surface area contributed by atoms with Crippen molar-refractivity contribution in [1.82, 2.24) is 4.98 Å². The van der Waals surface area contributed by atoms with Gasteiger partial charge in [-0.1, -0.05) is 11.6 Å². The fourth-order valence-electron chi connectivity index (χ4n) is 1.44. The molecule has 100 valence electrons. The van der Waals surface area contributed by atoms with Gasteiger partial charge in [-0.3, -0.25) is 4.79 Å². The summed E-state index contributed by atoms with van der Waals surface area (Å²) in [5.74, 6) is 0.00409. The van der Waals surface area contributed by atoms with Gasteiger partial charge in [0.1, 0.15) is 5.01 Å². The highest BCUT2D eigenvalue weighted by Crippen LogP contribution is 2.25. The highest BCUT2D eigenvalue weighted by atomic mass is 35.5. The summed E-state index contributed by atoms with van der Waals surface area (Å²) in [7, 11) is 0. The van der Waals surface area contributed by atoms with E-state index in [2.05, 4.69) is 4.98 Å². The predicted molar refractivity (Wildman–Crippen MR) is 79.1 cm³/mol. The molecule has 3 nitrogen and oxygen atoms in total. The van der Waals surface area contributed by atoms with E-state index in [0.29, 0.717) is 6.42 Å². The standard InChI is InChI=1S/C13H12ClNO2S2/c14-9-1-4-11(5-2-9)18-8-12-15-10(7-19-12)3-6-13(16)17/h1-2,4-5,7H,3,6,8H2,(H,16,17). The number of carbonyl (C=O) groups is 1. The first kappa shape index (κ1) is 14.4. The van der Waals surface area contributed by atoms with Crippen molar-refractivity contribution in [3.05, 3.63) is 45.4 Å². The smallest absolute Gasteiger partial charge is 0.303 e. The van der Waals surface area contributed by atoms with E-state index in [-0.39, 0.29) is 6.42 Å². The fourth-order valence-corrected chi connectivity index (χ4v) is 3.31. The Morgan fingerprint density at radius 2 is 2.11 bits per heavy atom. The lowest BCUT2D eigenvalue weighted by molar-refractivity contribution is -0.136. The van der Waals surface area contributed by atoms with E-state index in [1.54, 1.807) is 23.1 Å². The molecule has 0 saturated heterocycles. The molecule has 0 atom stereocenters. The SMILES string of the molecule is O=C(O)CCc1csc(CSc2ccc(Cl)cc2)n1. The number of thioether (sulfide) groups is 1. The number of benzene rings is 1. The van der Waals surface area contributed by atoms with E-state index >= 15 is 0 Å². The number of nitrogens with zero attached hydrogens (tertiary/aromatic N) is 1. The third-order valence-electron chi connectivity index (χ3n) is 2.37. The molecule has 2 aromatic rings. The molecule has 0 spiro atoms. The Hall–Kier alpha value is -1.04. The number of aromatic nitrogens is 1. The van der Waals surface area contributed by atoms with Gasteiger partial charge in [-0.05, 0) is 24.3 Å². The molecular formula is C13H12ClNO2S2. The van der Waals surface area contributed by atoms with Crippen LogP contribution >= 0.6 is 34.7 Å².